The Morgan fingerprint density at radius 1 is 1.22 bits per heavy atom. The largest absolute Gasteiger partial charge is 0.495 e. The molecule has 138 valence electrons. The van der Waals surface area contributed by atoms with Gasteiger partial charge in [0.1, 0.15) is 5.75 Å². The van der Waals surface area contributed by atoms with Crippen molar-refractivity contribution in [3.63, 3.8) is 0 Å². The minimum atomic E-state index is -0.147. The molecule has 0 radical (unpaired) electrons. The molecule has 0 saturated carbocycles. The first kappa shape index (κ1) is 17.7. The van der Waals surface area contributed by atoms with E-state index in [1.165, 1.54) is 4.68 Å². The average Bonchev–Trinajstić information content (AvgIpc) is 2.69. The maximum atomic E-state index is 12.9. The zero-order chi connectivity index (χ0) is 19.0. The Labute approximate surface area is 161 Å². The number of hydrogen-bond acceptors (Lipinski definition) is 5. The van der Waals surface area contributed by atoms with Gasteiger partial charge in [-0.25, -0.2) is 9.97 Å². The number of rotatable bonds is 3. The summed E-state index contributed by atoms with van der Waals surface area (Å²) in [5.74, 6) is 1.20. The van der Waals surface area contributed by atoms with Gasteiger partial charge >= 0.3 is 0 Å². The molecule has 0 fully saturated rings. The van der Waals surface area contributed by atoms with Gasteiger partial charge in [0, 0.05) is 18.0 Å². The SMILES string of the molecule is COc1cccc([C@@H]2CCc3c(cnn(-c4ncc(C)cn4)c3=O)C2)c1Cl. The van der Waals surface area contributed by atoms with Crippen LogP contribution in [-0.2, 0) is 12.8 Å². The maximum Gasteiger partial charge on any atom is 0.277 e. The van der Waals surface area contributed by atoms with Gasteiger partial charge in [-0.2, -0.15) is 9.78 Å². The molecule has 0 saturated heterocycles. The molecular formula is C20H19ClN4O2. The Balaban J connectivity index is 1.68. The Morgan fingerprint density at radius 3 is 2.74 bits per heavy atom. The van der Waals surface area contributed by atoms with Crippen molar-refractivity contribution in [2.24, 2.45) is 0 Å². The van der Waals surface area contributed by atoms with E-state index in [1.54, 1.807) is 25.7 Å². The fourth-order valence-electron chi connectivity index (χ4n) is 3.56. The standard InChI is InChI=1S/C20H19ClN4O2/c1-12-9-22-20(23-10-12)25-19(26)16-7-6-13(8-14(16)11-24-25)15-4-3-5-17(27-2)18(15)21/h3-5,9-11,13H,6-8H2,1-2H3/t13-/m1/s1. The summed E-state index contributed by atoms with van der Waals surface area (Å²) in [4.78, 5) is 21.3. The van der Waals surface area contributed by atoms with Gasteiger partial charge in [0.2, 0.25) is 0 Å². The molecule has 27 heavy (non-hydrogen) atoms. The van der Waals surface area contributed by atoms with Crippen molar-refractivity contribution in [3.8, 4) is 11.7 Å². The lowest BCUT2D eigenvalue weighted by Gasteiger charge is -2.25. The van der Waals surface area contributed by atoms with Crippen LogP contribution in [0.3, 0.4) is 0 Å². The third-order valence-electron chi connectivity index (χ3n) is 4.99. The molecule has 0 bridgehead atoms. The zero-order valence-electron chi connectivity index (χ0n) is 15.1. The number of aryl methyl sites for hydroxylation is 1. The van der Waals surface area contributed by atoms with E-state index in [1.807, 2.05) is 25.1 Å². The second kappa shape index (κ2) is 7.12. The van der Waals surface area contributed by atoms with Crippen LogP contribution in [0.25, 0.3) is 5.95 Å². The second-order valence-corrected chi connectivity index (χ2v) is 7.11. The molecule has 0 unspecified atom stereocenters. The summed E-state index contributed by atoms with van der Waals surface area (Å²) in [5.41, 5.74) is 3.57. The highest BCUT2D eigenvalue weighted by molar-refractivity contribution is 6.32. The molecule has 4 rings (SSSR count). The van der Waals surface area contributed by atoms with Crippen LogP contribution >= 0.6 is 11.6 Å². The van der Waals surface area contributed by atoms with E-state index in [2.05, 4.69) is 15.1 Å². The number of ether oxygens (including phenoxy) is 1. The molecule has 1 atom stereocenters. The number of nitrogens with zero attached hydrogens (tertiary/aromatic N) is 4. The van der Waals surface area contributed by atoms with Crippen molar-refractivity contribution in [3.05, 3.63) is 74.4 Å². The van der Waals surface area contributed by atoms with Gasteiger partial charge in [-0.1, -0.05) is 23.7 Å². The summed E-state index contributed by atoms with van der Waals surface area (Å²) in [7, 11) is 1.61. The number of fused-ring (bicyclic) bond motifs is 1. The molecule has 1 aliphatic carbocycles. The van der Waals surface area contributed by atoms with Gasteiger partial charge in [-0.15, -0.1) is 0 Å². The molecule has 1 aliphatic rings. The molecule has 0 aliphatic heterocycles. The highest BCUT2D eigenvalue weighted by Crippen LogP contribution is 2.38. The van der Waals surface area contributed by atoms with E-state index in [0.717, 1.165) is 35.1 Å². The summed E-state index contributed by atoms with van der Waals surface area (Å²) in [6.07, 6.45) is 7.34. The Hall–Kier alpha value is -2.73. The third-order valence-corrected chi connectivity index (χ3v) is 5.39. The maximum absolute atomic E-state index is 12.9. The first-order valence-electron chi connectivity index (χ1n) is 8.80. The van der Waals surface area contributed by atoms with Crippen molar-refractivity contribution in [2.75, 3.05) is 7.11 Å². The van der Waals surface area contributed by atoms with E-state index in [9.17, 15) is 4.79 Å². The van der Waals surface area contributed by atoms with Crippen LogP contribution in [0.15, 0.2) is 41.6 Å². The topological polar surface area (TPSA) is 69.9 Å². The number of benzene rings is 1. The number of methoxy groups -OCH3 is 1. The minimum Gasteiger partial charge on any atom is -0.495 e. The van der Waals surface area contributed by atoms with Crippen LogP contribution in [-0.4, -0.2) is 26.9 Å². The van der Waals surface area contributed by atoms with Crippen molar-refractivity contribution in [2.45, 2.75) is 32.1 Å². The normalized spacial score (nSPS) is 16.0. The molecule has 7 heteroatoms. The molecule has 1 aromatic carbocycles. The summed E-state index contributed by atoms with van der Waals surface area (Å²) in [6.45, 7) is 1.90. The van der Waals surface area contributed by atoms with Gasteiger partial charge in [0.05, 0.1) is 18.3 Å². The van der Waals surface area contributed by atoms with Crippen molar-refractivity contribution < 1.29 is 4.74 Å². The molecular weight excluding hydrogens is 364 g/mol. The predicted molar refractivity (Wildman–Crippen MR) is 103 cm³/mol. The fraction of sp³-hybridized carbons (Fsp3) is 0.300. The quantitative estimate of drug-likeness (QED) is 0.695. The Bertz CT molecular complexity index is 1050. The number of aromatic nitrogens is 4. The van der Waals surface area contributed by atoms with E-state index >= 15 is 0 Å². The van der Waals surface area contributed by atoms with Gasteiger partial charge in [0.25, 0.3) is 11.5 Å². The molecule has 3 aromatic rings. The monoisotopic (exact) mass is 382 g/mol. The van der Waals surface area contributed by atoms with Gasteiger partial charge in [0.15, 0.2) is 0 Å². The van der Waals surface area contributed by atoms with E-state index in [4.69, 9.17) is 16.3 Å². The molecule has 2 aromatic heterocycles. The fourth-order valence-corrected chi connectivity index (χ4v) is 3.91. The van der Waals surface area contributed by atoms with Crippen molar-refractivity contribution in [1.29, 1.82) is 0 Å². The van der Waals surface area contributed by atoms with Gasteiger partial charge in [-0.05, 0) is 54.9 Å². The van der Waals surface area contributed by atoms with Crippen LogP contribution in [0.1, 0.15) is 34.6 Å². The first-order chi connectivity index (χ1) is 13.1. The van der Waals surface area contributed by atoms with Crippen LogP contribution in [0.2, 0.25) is 5.02 Å². The number of hydrogen-bond donors (Lipinski definition) is 0. The Kier molecular flexibility index (Phi) is 4.66. The summed E-state index contributed by atoms with van der Waals surface area (Å²) in [6, 6.07) is 5.82. The van der Waals surface area contributed by atoms with Crippen LogP contribution in [0.4, 0.5) is 0 Å². The number of halogens is 1. The van der Waals surface area contributed by atoms with Gasteiger partial charge in [-0.3, -0.25) is 4.79 Å². The van der Waals surface area contributed by atoms with Crippen LogP contribution in [0, 0.1) is 6.92 Å². The van der Waals surface area contributed by atoms with Crippen molar-refractivity contribution >= 4 is 11.6 Å². The summed E-state index contributed by atoms with van der Waals surface area (Å²) >= 11 is 6.50. The minimum absolute atomic E-state index is 0.147. The molecule has 0 spiro atoms. The van der Waals surface area contributed by atoms with E-state index in [0.29, 0.717) is 23.1 Å². The first-order valence-corrected chi connectivity index (χ1v) is 9.17. The molecule has 0 amide bonds. The summed E-state index contributed by atoms with van der Waals surface area (Å²) in [5, 5.41) is 4.94. The highest BCUT2D eigenvalue weighted by Gasteiger charge is 2.26. The van der Waals surface area contributed by atoms with Gasteiger partial charge < -0.3 is 4.74 Å². The predicted octanol–water partition coefficient (Wildman–Crippen LogP) is 3.27. The lowest BCUT2D eigenvalue weighted by atomic mass is 9.81. The molecule has 2 heterocycles. The molecule has 0 N–H and O–H groups in total. The Morgan fingerprint density at radius 2 is 2.00 bits per heavy atom. The summed E-state index contributed by atoms with van der Waals surface area (Å²) < 4.78 is 6.60. The van der Waals surface area contributed by atoms with E-state index in [-0.39, 0.29) is 11.5 Å². The smallest absolute Gasteiger partial charge is 0.277 e. The zero-order valence-corrected chi connectivity index (χ0v) is 15.9. The lowest BCUT2D eigenvalue weighted by molar-refractivity contribution is 0.413. The average molecular weight is 383 g/mol. The van der Waals surface area contributed by atoms with Crippen LogP contribution in [0.5, 0.6) is 5.75 Å². The lowest BCUT2D eigenvalue weighted by Crippen LogP contribution is -2.30. The highest BCUT2D eigenvalue weighted by atomic mass is 35.5. The van der Waals surface area contributed by atoms with Crippen LogP contribution < -0.4 is 10.3 Å². The van der Waals surface area contributed by atoms with E-state index < -0.39 is 0 Å². The third kappa shape index (κ3) is 3.21. The second-order valence-electron chi connectivity index (χ2n) is 6.73. The molecule has 6 nitrogen and oxygen atoms in total. The van der Waals surface area contributed by atoms with Crippen molar-refractivity contribution in [1.82, 2.24) is 19.7 Å².